The van der Waals surface area contributed by atoms with Crippen molar-refractivity contribution in [3.8, 4) is 5.75 Å². The lowest BCUT2D eigenvalue weighted by Gasteiger charge is -1.96. The summed E-state index contributed by atoms with van der Waals surface area (Å²) in [7, 11) is 1.57. The first-order chi connectivity index (χ1) is 5.77. The molecule has 0 unspecified atom stereocenters. The number of hydrogen-bond acceptors (Lipinski definition) is 4. The molecular weight excluding hydrogens is 176 g/mol. The Morgan fingerprint density at radius 3 is 2.92 bits per heavy atom. The Labute approximate surface area is 74.9 Å². The minimum atomic E-state index is -0.286. The summed E-state index contributed by atoms with van der Waals surface area (Å²) in [5, 5.41) is 1.77. The second-order valence-corrected chi connectivity index (χ2v) is 2.98. The highest BCUT2D eigenvalue weighted by atomic mass is 32.1. The van der Waals surface area contributed by atoms with Crippen molar-refractivity contribution in [1.29, 1.82) is 0 Å². The molecule has 1 aromatic rings. The molecule has 0 saturated carbocycles. The summed E-state index contributed by atoms with van der Waals surface area (Å²) in [4.78, 5) is 11.7. The lowest BCUT2D eigenvalue weighted by atomic mass is 10.4. The minimum absolute atomic E-state index is 0.286. The van der Waals surface area contributed by atoms with E-state index in [2.05, 4.69) is 0 Å². The van der Waals surface area contributed by atoms with Crippen LogP contribution < -0.4 is 4.74 Å². The van der Waals surface area contributed by atoms with Crippen LogP contribution in [0.4, 0.5) is 0 Å². The summed E-state index contributed by atoms with van der Waals surface area (Å²) in [5.41, 5.74) is 0. The van der Waals surface area contributed by atoms with Gasteiger partial charge in [0.2, 0.25) is 0 Å². The fraction of sp³-hybridized carbons (Fsp3) is 0.375. The van der Waals surface area contributed by atoms with Crippen LogP contribution in [0.5, 0.6) is 5.75 Å². The highest BCUT2D eigenvalue weighted by Crippen LogP contribution is 2.21. The summed E-state index contributed by atoms with van der Waals surface area (Å²) >= 11 is 1.32. The molecule has 0 spiro atoms. The molecule has 12 heavy (non-hydrogen) atoms. The zero-order valence-corrected chi connectivity index (χ0v) is 7.81. The number of carbonyl (C=O) groups is 1. The van der Waals surface area contributed by atoms with Gasteiger partial charge in [-0.3, -0.25) is 0 Å². The van der Waals surface area contributed by atoms with Crippen LogP contribution in [0.25, 0.3) is 0 Å². The molecule has 0 aliphatic heterocycles. The van der Waals surface area contributed by atoms with E-state index in [1.54, 1.807) is 25.5 Å². The van der Waals surface area contributed by atoms with Crippen LogP contribution in [-0.4, -0.2) is 19.7 Å². The predicted molar refractivity (Wildman–Crippen MR) is 46.8 cm³/mol. The molecule has 0 fully saturated rings. The topological polar surface area (TPSA) is 35.5 Å². The van der Waals surface area contributed by atoms with Crippen molar-refractivity contribution in [2.75, 3.05) is 13.7 Å². The lowest BCUT2D eigenvalue weighted by Crippen LogP contribution is -2.01. The first kappa shape index (κ1) is 9.06. The molecule has 4 heteroatoms. The van der Waals surface area contributed by atoms with E-state index in [9.17, 15) is 4.79 Å². The van der Waals surface area contributed by atoms with Gasteiger partial charge in [-0.05, 0) is 6.92 Å². The Morgan fingerprint density at radius 2 is 2.42 bits per heavy atom. The summed E-state index contributed by atoms with van der Waals surface area (Å²) < 4.78 is 9.73. The normalized spacial score (nSPS) is 9.50. The van der Waals surface area contributed by atoms with E-state index in [0.717, 1.165) is 0 Å². The molecule has 66 valence electrons. The highest BCUT2D eigenvalue weighted by Gasteiger charge is 2.09. The molecule has 0 amide bonds. The molecule has 0 saturated heterocycles. The van der Waals surface area contributed by atoms with Gasteiger partial charge in [-0.1, -0.05) is 0 Å². The second kappa shape index (κ2) is 4.11. The van der Waals surface area contributed by atoms with Gasteiger partial charge < -0.3 is 9.47 Å². The molecule has 0 aromatic carbocycles. The standard InChI is InChI=1S/C8H10O3S/c1-3-11-8(9)7-4-6(10-2)5-12-7/h4-5H,3H2,1-2H3. The summed E-state index contributed by atoms with van der Waals surface area (Å²) in [6.07, 6.45) is 0. The van der Waals surface area contributed by atoms with Crippen LogP contribution in [0, 0.1) is 0 Å². The van der Waals surface area contributed by atoms with Crippen molar-refractivity contribution >= 4 is 17.3 Å². The van der Waals surface area contributed by atoms with Crippen molar-refractivity contribution in [3.05, 3.63) is 16.3 Å². The van der Waals surface area contributed by atoms with Gasteiger partial charge in [0.05, 0.1) is 13.7 Å². The third-order valence-corrected chi connectivity index (χ3v) is 2.18. The van der Waals surface area contributed by atoms with E-state index in [0.29, 0.717) is 17.2 Å². The van der Waals surface area contributed by atoms with E-state index < -0.39 is 0 Å². The van der Waals surface area contributed by atoms with Gasteiger partial charge in [0.1, 0.15) is 10.6 Å². The number of methoxy groups -OCH3 is 1. The van der Waals surface area contributed by atoms with Gasteiger partial charge in [-0.2, -0.15) is 0 Å². The summed E-state index contributed by atoms with van der Waals surface area (Å²) in [6.45, 7) is 2.18. The smallest absolute Gasteiger partial charge is 0.348 e. The molecule has 1 aromatic heterocycles. The van der Waals surface area contributed by atoms with E-state index >= 15 is 0 Å². The zero-order valence-electron chi connectivity index (χ0n) is 6.99. The van der Waals surface area contributed by atoms with Crippen LogP contribution in [0.2, 0.25) is 0 Å². The van der Waals surface area contributed by atoms with Crippen LogP contribution in [-0.2, 0) is 4.74 Å². The number of esters is 1. The Kier molecular flexibility index (Phi) is 3.10. The average Bonchev–Trinajstić information content (AvgIpc) is 2.52. The molecule has 0 radical (unpaired) electrons. The number of rotatable bonds is 3. The molecule has 0 bridgehead atoms. The van der Waals surface area contributed by atoms with Gasteiger partial charge in [-0.25, -0.2) is 4.79 Å². The Hall–Kier alpha value is -1.03. The number of carbonyl (C=O) groups excluding carboxylic acids is 1. The maximum atomic E-state index is 11.1. The SMILES string of the molecule is CCOC(=O)c1cc(OC)cs1. The second-order valence-electron chi connectivity index (χ2n) is 2.07. The van der Waals surface area contributed by atoms with Gasteiger partial charge in [0.25, 0.3) is 0 Å². The lowest BCUT2D eigenvalue weighted by molar-refractivity contribution is 0.0532. The quantitative estimate of drug-likeness (QED) is 0.677. The third kappa shape index (κ3) is 1.98. The predicted octanol–water partition coefficient (Wildman–Crippen LogP) is 1.93. The molecular formula is C8H10O3S. The fourth-order valence-electron chi connectivity index (χ4n) is 0.735. The number of hydrogen-bond donors (Lipinski definition) is 0. The molecule has 0 aliphatic rings. The molecule has 3 nitrogen and oxygen atoms in total. The minimum Gasteiger partial charge on any atom is -0.496 e. The maximum absolute atomic E-state index is 11.1. The zero-order chi connectivity index (χ0) is 8.97. The van der Waals surface area contributed by atoms with Gasteiger partial charge >= 0.3 is 5.97 Å². The maximum Gasteiger partial charge on any atom is 0.348 e. The Morgan fingerprint density at radius 1 is 1.67 bits per heavy atom. The van der Waals surface area contributed by atoms with Crippen molar-refractivity contribution < 1.29 is 14.3 Å². The first-order valence-corrected chi connectivity index (χ1v) is 4.45. The molecule has 0 N–H and O–H groups in total. The third-order valence-electron chi connectivity index (χ3n) is 1.29. The molecule has 1 heterocycles. The van der Waals surface area contributed by atoms with Crippen molar-refractivity contribution in [2.24, 2.45) is 0 Å². The molecule has 0 aliphatic carbocycles. The van der Waals surface area contributed by atoms with Crippen LogP contribution in [0.1, 0.15) is 16.6 Å². The monoisotopic (exact) mass is 186 g/mol. The summed E-state index contributed by atoms with van der Waals surface area (Å²) in [5.74, 6) is 0.411. The molecule has 0 atom stereocenters. The van der Waals surface area contributed by atoms with Crippen LogP contribution >= 0.6 is 11.3 Å². The van der Waals surface area contributed by atoms with Gasteiger partial charge in [0.15, 0.2) is 0 Å². The summed E-state index contributed by atoms with van der Waals surface area (Å²) in [6, 6.07) is 1.67. The molecule has 1 rings (SSSR count). The van der Waals surface area contributed by atoms with E-state index in [1.807, 2.05) is 0 Å². The van der Waals surface area contributed by atoms with Crippen molar-refractivity contribution in [2.45, 2.75) is 6.92 Å². The van der Waals surface area contributed by atoms with Crippen molar-refractivity contribution in [1.82, 2.24) is 0 Å². The Balaban J connectivity index is 2.68. The van der Waals surface area contributed by atoms with Crippen molar-refractivity contribution in [3.63, 3.8) is 0 Å². The highest BCUT2D eigenvalue weighted by molar-refractivity contribution is 7.12. The largest absolute Gasteiger partial charge is 0.496 e. The first-order valence-electron chi connectivity index (χ1n) is 3.57. The van der Waals surface area contributed by atoms with E-state index in [4.69, 9.17) is 9.47 Å². The van der Waals surface area contributed by atoms with E-state index in [1.165, 1.54) is 11.3 Å². The average molecular weight is 186 g/mol. The Bertz CT molecular complexity index is 267. The van der Waals surface area contributed by atoms with Crippen LogP contribution in [0.15, 0.2) is 11.4 Å². The van der Waals surface area contributed by atoms with Crippen LogP contribution in [0.3, 0.4) is 0 Å². The fourth-order valence-corrected chi connectivity index (χ4v) is 1.48. The van der Waals surface area contributed by atoms with Gasteiger partial charge in [-0.15, -0.1) is 11.3 Å². The van der Waals surface area contributed by atoms with Gasteiger partial charge in [0, 0.05) is 11.4 Å². The number of thiophene rings is 1. The number of ether oxygens (including phenoxy) is 2. The van der Waals surface area contributed by atoms with E-state index in [-0.39, 0.29) is 5.97 Å².